The van der Waals surface area contributed by atoms with Crippen molar-refractivity contribution in [3.8, 4) is 11.8 Å². The molecule has 0 bridgehead atoms. The van der Waals surface area contributed by atoms with Crippen molar-refractivity contribution in [3.05, 3.63) is 28.8 Å². The summed E-state index contributed by atoms with van der Waals surface area (Å²) in [7, 11) is 1.11. The van der Waals surface area contributed by atoms with Crippen molar-refractivity contribution in [2.45, 2.75) is 12.9 Å². The largest absolute Gasteiger partial charge is 0.573 e. The third-order valence-corrected chi connectivity index (χ3v) is 2.22. The normalized spacial score (nSPS) is 10.7. The second kappa shape index (κ2) is 5.58. The minimum atomic E-state index is -4.94. The number of hydrogen-bond donors (Lipinski definition) is 1. The van der Waals surface area contributed by atoms with E-state index in [9.17, 15) is 18.0 Å². The molecule has 2 N–H and O–H groups in total. The lowest BCUT2D eigenvalue weighted by Crippen LogP contribution is -2.19. The molecule has 0 amide bonds. The standard InChI is InChI=1S/C11H9F3N2O3/c1-18-10(17)6-2-3-9(19-11(12,13)14)8(5-16)7(6)4-15/h2-3H,4,15H2,1H3. The monoisotopic (exact) mass is 274 g/mol. The smallest absolute Gasteiger partial charge is 0.465 e. The van der Waals surface area contributed by atoms with Crippen LogP contribution in [0.1, 0.15) is 21.5 Å². The molecule has 19 heavy (non-hydrogen) atoms. The molecule has 0 radical (unpaired) electrons. The Bertz CT molecular complexity index is 535. The molecule has 1 aromatic rings. The predicted molar refractivity (Wildman–Crippen MR) is 57.1 cm³/mol. The molecule has 0 aromatic heterocycles. The first-order valence-corrected chi connectivity index (χ1v) is 4.94. The van der Waals surface area contributed by atoms with E-state index < -0.39 is 23.6 Å². The van der Waals surface area contributed by atoms with Crippen molar-refractivity contribution in [2.75, 3.05) is 7.11 Å². The molecule has 1 aromatic carbocycles. The van der Waals surface area contributed by atoms with Gasteiger partial charge in [0.25, 0.3) is 0 Å². The maximum absolute atomic E-state index is 12.2. The van der Waals surface area contributed by atoms with Gasteiger partial charge in [0.1, 0.15) is 11.8 Å². The van der Waals surface area contributed by atoms with Gasteiger partial charge in [-0.3, -0.25) is 0 Å². The van der Waals surface area contributed by atoms with Gasteiger partial charge >= 0.3 is 12.3 Å². The summed E-state index contributed by atoms with van der Waals surface area (Å²) >= 11 is 0. The topological polar surface area (TPSA) is 85.3 Å². The van der Waals surface area contributed by atoms with Gasteiger partial charge in [-0.15, -0.1) is 13.2 Å². The highest BCUT2D eigenvalue weighted by atomic mass is 19.4. The SMILES string of the molecule is COC(=O)c1ccc(OC(F)(F)F)c(C#N)c1CN. The first-order chi connectivity index (χ1) is 8.84. The van der Waals surface area contributed by atoms with Crippen LogP contribution in [0.4, 0.5) is 13.2 Å². The van der Waals surface area contributed by atoms with Crippen LogP contribution in [-0.4, -0.2) is 19.4 Å². The van der Waals surface area contributed by atoms with E-state index in [1.54, 1.807) is 6.07 Å². The van der Waals surface area contributed by atoms with Gasteiger partial charge in [0.15, 0.2) is 0 Å². The highest BCUT2D eigenvalue weighted by Crippen LogP contribution is 2.30. The van der Waals surface area contributed by atoms with Crippen molar-refractivity contribution in [1.82, 2.24) is 0 Å². The van der Waals surface area contributed by atoms with Gasteiger partial charge < -0.3 is 15.2 Å². The van der Waals surface area contributed by atoms with E-state index in [4.69, 9.17) is 11.0 Å². The highest BCUT2D eigenvalue weighted by molar-refractivity contribution is 5.92. The zero-order valence-corrected chi connectivity index (χ0v) is 9.75. The third kappa shape index (κ3) is 3.35. The number of hydrogen-bond acceptors (Lipinski definition) is 5. The minimum Gasteiger partial charge on any atom is -0.465 e. The highest BCUT2D eigenvalue weighted by Gasteiger charge is 2.33. The van der Waals surface area contributed by atoms with E-state index in [0.717, 1.165) is 19.2 Å². The molecule has 0 atom stereocenters. The van der Waals surface area contributed by atoms with E-state index in [1.165, 1.54) is 0 Å². The Hall–Kier alpha value is -2.27. The van der Waals surface area contributed by atoms with Gasteiger partial charge in [-0.1, -0.05) is 0 Å². The number of methoxy groups -OCH3 is 1. The van der Waals surface area contributed by atoms with Gasteiger partial charge in [0.2, 0.25) is 0 Å². The van der Waals surface area contributed by atoms with Crippen molar-refractivity contribution < 1.29 is 27.4 Å². The predicted octanol–water partition coefficient (Wildman–Crippen LogP) is 1.70. The summed E-state index contributed by atoms with van der Waals surface area (Å²) in [5.41, 5.74) is 4.78. The van der Waals surface area contributed by atoms with Crippen molar-refractivity contribution in [2.24, 2.45) is 5.73 Å². The number of esters is 1. The second-order valence-corrected chi connectivity index (χ2v) is 3.32. The summed E-state index contributed by atoms with van der Waals surface area (Å²) in [6.45, 7) is -0.303. The zero-order valence-electron chi connectivity index (χ0n) is 9.75. The molecule has 8 heteroatoms. The average Bonchev–Trinajstić information content (AvgIpc) is 2.35. The third-order valence-electron chi connectivity index (χ3n) is 2.22. The number of ether oxygens (including phenoxy) is 2. The first-order valence-electron chi connectivity index (χ1n) is 4.94. The molecule has 5 nitrogen and oxygen atoms in total. The number of nitrogens with two attached hydrogens (primary N) is 1. The van der Waals surface area contributed by atoms with Crippen LogP contribution in [0.25, 0.3) is 0 Å². The van der Waals surface area contributed by atoms with Gasteiger partial charge in [-0.25, -0.2) is 4.79 Å². The number of carbonyl (C=O) groups is 1. The zero-order chi connectivity index (χ0) is 14.6. The Labute approximate surface area is 106 Å². The molecule has 0 heterocycles. The molecule has 0 spiro atoms. The Morgan fingerprint density at radius 2 is 2.11 bits per heavy atom. The number of rotatable bonds is 3. The summed E-state index contributed by atoms with van der Waals surface area (Å²) in [6.07, 6.45) is -4.94. The fourth-order valence-electron chi connectivity index (χ4n) is 1.47. The summed E-state index contributed by atoms with van der Waals surface area (Å²) in [5.74, 6) is -1.50. The molecule has 0 saturated carbocycles. The molecular formula is C11H9F3N2O3. The van der Waals surface area contributed by atoms with Crippen LogP contribution in [0.15, 0.2) is 12.1 Å². The Kier molecular flexibility index (Phi) is 4.34. The van der Waals surface area contributed by atoms with Crippen LogP contribution >= 0.6 is 0 Å². The maximum atomic E-state index is 12.2. The lowest BCUT2D eigenvalue weighted by Gasteiger charge is -2.14. The quantitative estimate of drug-likeness (QED) is 0.848. The average molecular weight is 274 g/mol. The number of alkyl halides is 3. The lowest BCUT2D eigenvalue weighted by atomic mass is 10.0. The van der Waals surface area contributed by atoms with E-state index in [1.807, 2.05) is 0 Å². The number of nitriles is 1. The summed E-state index contributed by atoms with van der Waals surface area (Å²) < 4.78 is 44.6. The second-order valence-electron chi connectivity index (χ2n) is 3.32. The Morgan fingerprint density at radius 1 is 1.47 bits per heavy atom. The van der Waals surface area contributed by atoms with Crippen LogP contribution in [0.2, 0.25) is 0 Å². The number of benzene rings is 1. The van der Waals surface area contributed by atoms with Crippen molar-refractivity contribution in [3.63, 3.8) is 0 Å². The Balaban J connectivity index is 3.40. The molecule has 102 valence electrons. The Morgan fingerprint density at radius 3 is 2.53 bits per heavy atom. The molecular weight excluding hydrogens is 265 g/mol. The summed E-state index contributed by atoms with van der Waals surface area (Å²) in [4.78, 5) is 11.4. The van der Waals surface area contributed by atoms with Crippen molar-refractivity contribution >= 4 is 5.97 Å². The van der Waals surface area contributed by atoms with E-state index in [2.05, 4.69) is 9.47 Å². The van der Waals surface area contributed by atoms with Gasteiger partial charge in [-0.05, 0) is 12.1 Å². The molecule has 0 unspecified atom stereocenters. The fraction of sp³-hybridized carbons (Fsp3) is 0.273. The molecule has 0 aliphatic carbocycles. The first kappa shape index (κ1) is 14.8. The van der Waals surface area contributed by atoms with Gasteiger partial charge in [0.05, 0.1) is 18.2 Å². The maximum Gasteiger partial charge on any atom is 0.573 e. The number of nitrogens with zero attached hydrogens (tertiary/aromatic N) is 1. The van der Waals surface area contributed by atoms with Crippen molar-refractivity contribution in [1.29, 1.82) is 5.26 Å². The molecule has 0 saturated heterocycles. The number of halogens is 3. The molecule has 0 fully saturated rings. The van der Waals surface area contributed by atoms with Gasteiger partial charge in [-0.2, -0.15) is 5.26 Å². The lowest BCUT2D eigenvalue weighted by molar-refractivity contribution is -0.274. The van der Waals surface area contributed by atoms with E-state index in [0.29, 0.717) is 0 Å². The molecule has 1 rings (SSSR count). The molecule has 0 aliphatic heterocycles. The fourth-order valence-corrected chi connectivity index (χ4v) is 1.47. The summed E-state index contributed by atoms with van der Waals surface area (Å²) in [5, 5.41) is 8.90. The van der Waals surface area contributed by atoms with Crippen LogP contribution in [0.5, 0.6) is 5.75 Å². The van der Waals surface area contributed by atoms with Crippen LogP contribution in [0.3, 0.4) is 0 Å². The van der Waals surface area contributed by atoms with E-state index in [-0.39, 0.29) is 17.7 Å². The van der Waals surface area contributed by atoms with E-state index >= 15 is 0 Å². The van der Waals surface area contributed by atoms with Crippen LogP contribution < -0.4 is 10.5 Å². The van der Waals surface area contributed by atoms with Gasteiger partial charge in [0, 0.05) is 12.1 Å². The minimum absolute atomic E-state index is 0.0592. The number of carbonyl (C=O) groups excluding carboxylic acids is 1. The molecule has 0 aliphatic rings. The van der Waals surface area contributed by atoms with Crippen LogP contribution in [-0.2, 0) is 11.3 Å². The van der Waals surface area contributed by atoms with Crippen LogP contribution in [0, 0.1) is 11.3 Å². The summed E-state index contributed by atoms with van der Waals surface area (Å²) in [6, 6.07) is 3.48.